The number of hydrogen-bond donors (Lipinski definition) is 1. The Morgan fingerprint density at radius 2 is 2.19 bits per heavy atom. The summed E-state index contributed by atoms with van der Waals surface area (Å²) in [6.45, 7) is 2.53. The average Bonchev–Trinajstić information content (AvgIpc) is 2.59. The van der Waals surface area contributed by atoms with Gasteiger partial charge in [-0.15, -0.1) is 0 Å². The Morgan fingerprint density at radius 3 is 2.62 bits per heavy atom. The number of likely N-dealkylation sites (N-methyl/N-ethyl adjacent to an activating group) is 1. The summed E-state index contributed by atoms with van der Waals surface area (Å²) in [4.78, 5) is 36.5. The number of rotatable bonds is 4. The van der Waals surface area contributed by atoms with Gasteiger partial charge in [-0.1, -0.05) is 0 Å². The molecule has 6 nitrogen and oxygen atoms in total. The zero-order valence-corrected chi connectivity index (χ0v) is 9.47. The second kappa shape index (κ2) is 4.96. The number of nitrogens with zero attached hydrogens (tertiary/aromatic N) is 2. The maximum absolute atomic E-state index is 11.5. The highest BCUT2D eigenvalue weighted by molar-refractivity contribution is 5.89. The lowest BCUT2D eigenvalue weighted by atomic mass is 10.1. The van der Waals surface area contributed by atoms with Crippen LogP contribution in [-0.4, -0.2) is 59.4 Å². The van der Waals surface area contributed by atoms with Crippen LogP contribution in [0.2, 0.25) is 0 Å². The van der Waals surface area contributed by atoms with Gasteiger partial charge in [-0.05, 0) is 6.92 Å². The maximum atomic E-state index is 11.5. The number of carboxylic acids is 1. The number of carboxylic acid groups (broad SMARTS) is 1. The lowest BCUT2D eigenvalue weighted by Gasteiger charge is -2.20. The molecule has 90 valence electrons. The molecule has 0 bridgehead atoms. The third kappa shape index (κ3) is 2.71. The van der Waals surface area contributed by atoms with Crippen LogP contribution in [0.1, 0.15) is 13.3 Å². The maximum Gasteiger partial charge on any atom is 0.308 e. The van der Waals surface area contributed by atoms with Crippen molar-refractivity contribution in [2.24, 2.45) is 5.92 Å². The molecule has 6 heteroatoms. The van der Waals surface area contributed by atoms with Gasteiger partial charge >= 0.3 is 5.97 Å². The molecule has 0 radical (unpaired) electrons. The molecule has 2 amide bonds. The standard InChI is InChI=1S/C10H16N2O4/c1-3-11(2)9(14)6-12-5-7(10(15)16)4-8(12)13/h7H,3-6H2,1-2H3,(H,15,16). The predicted octanol–water partition coefficient (Wildman–Crippen LogP) is -0.602. The summed E-state index contributed by atoms with van der Waals surface area (Å²) in [6.07, 6.45) is -0.00154. The second-order valence-corrected chi connectivity index (χ2v) is 3.92. The van der Waals surface area contributed by atoms with Gasteiger partial charge in [0.1, 0.15) is 0 Å². The van der Waals surface area contributed by atoms with Gasteiger partial charge in [0.05, 0.1) is 12.5 Å². The summed E-state index contributed by atoms with van der Waals surface area (Å²) in [7, 11) is 1.65. The van der Waals surface area contributed by atoms with Crippen molar-refractivity contribution in [3.8, 4) is 0 Å². The first-order valence-electron chi connectivity index (χ1n) is 5.20. The van der Waals surface area contributed by atoms with E-state index < -0.39 is 11.9 Å². The Balaban J connectivity index is 2.53. The summed E-state index contributed by atoms with van der Waals surface area (Å²) < 4.78 is 0. The molecule has 1 saturated heterocycles. The van der Waals surface area contributed by atoms with E-state index in [9.17, 15) is 14.4 Å². The van der Waals surface area contributed by atoms with E-state index in [-0.39, 0.29) is 31.3 Å². The highest BCUT2D eigenvalue weighted by Gasteiger charge is 2.35. The van der Waals surface area contributed by atoms with E-state index in [0.717, 1.165) is 0 Å². The molecule has 1 atom stereocenters. The van der Waals surface area contributed by atoms with E-state index in [2.05, 4.69) is 0 Å². The topological polar surface area (TPSA) is 77.9 Å². The summed E-state index contributed by atoms with van der Waals surface area (Å²) >= 11 is 0. The molecule has 1 rings (SSSR count). The number of likely N-dealkylation sites (tertiary alicyclic amines) is 1. The molecule has 1 aliphatic heterocycles. The number of hydrogen-bond acceptors (Lipinski definition) is 3. The smallest absolute Gasteiger partial charge is 0.308 e. The molecule has 0 spiro atoms. The minimum absolute atomic E-state index is 0.00154. The van der Waals surface area contributed by atoms with Crippen molar-refractivity contribution >= 4 is 17.8 Å². The van der Waals surface area contributed by atoms with Gasteiger partial charge in [0, 0.05) is 26.6 Å². The second-order valence-electron chi connectivity index (χ2n) is 3.92. The Kier molecular flexibility index (Phi) is 3.87. The third-order valence-electron chi connectivity index (χ3n) is 2.79. The van der Waals surface area contributed by atoms with Crippen molar-refractivity contribution in [2.45, 2.75) is 13.3 Å². The van der Waals surface area contributed by atoms with Gasteiger partial charge in [0.15, 0.2) is 0 Å². The fourth-order valence-corrected chi connectivity index (χ4v) is 1.55. The minimum Gasteiger partial charge on any atom is -0.481 e. The van der Waals surface area contributed by atoms with Crippen molar-refractivity contribution in [3.05, 3.63) is 0 Å². The average molecular weight is 228 g/mol. The molecule has 1 N–H and O–H groups in total. The monoisotopic (exact) mass is 228 g/mol. The van der Waals surface area contributed by atoms with Crippen molar-refractivity contribution < 1.29 is 19.5 Å². The Labute approximate surface area is 93.8 Å². The van der Waals surface area contributed by atoms with Crippen molar-refractivity contribution in [3.63, 3.8) is 0 Å². The van der Waals surface area contributed by atoms with Gasteiger partial charge in [-0.25, -0.2) is 0 Å². The molecule has 0 aromatic rings. The van der Waals surface area contributed by atoms with Crippen LogP contribution >= 0.6 is 0 Å². The Morgan fingerprint density at radius 1 is 1.56 bits per heavy atom. The first-order valence-corrected chi connectivity index (χ1v) is 5.20. The summed E-state index contributed by atoms with van der Waals surface area (Å²) in [6, 6.07) is 0. The zero-order chi connectivity index (χ0) is 12.3. The van der Waals surface area contributed by atoms with E-state index in [4.69, 9.17) is 5.11 Å². The van der Waals surface area contributed by atoms with Crippen LogP contribution < -0.4 is 0 Å². The van der Waals surface area contributed by atoms with Crippen LogP contribution in [0, 0.1) is 5.92 Å². The van der Waals surface area contributed by atoms with E-state index >= 15 is 0 Å². The molecule has 1 fully saturated rings. The SMILES string of the molecule is CCN(C)C(=O)CN1CC(C(=O)O)CC1=O. The fourth-order valence-electron chi connectivity index (χ4n) is 1.55. The molecule has 1 aliphatic rings. The van der Waals surface area contributed by atoms with Crippen molar-refractivity contribution in [1.82, 2.24) is 9.80 Å². The third-order valence-corrected chi connectivity index (χ3v) is 2.79. The quantitative estimate of drug-likeness (QED) is 0.696. The van der Waals surface area contributed by atoms with E-state index in [1.54, 1.807) is 7.05 Å². The van der Waals surface area contributed by atoms with Crippen LogP contribution in [0.5, 0.6) is 0 Å². The molecule has 0 aliphatic carbocycles. The Hall–Kier alpha value is -1.59. The predicted molar refractivity (Wildman–Crippen MR) is 55.6 cm³/mol. The first-order chi connectivity index (χ1) is 7.45. The largest absolute Gasteiger partial charge is 0.481 e. The number of amides is 2. The fraction of sp³-hybridized carbons (Fsp3) is 0.700. The molecule has 1 unspecified atom stereocenters. The molecular formula is C10H16N2O4. The lowest BCUT2D eigenvalue weighted by Crippen LogP contribution is -2.39. The minimum atomic E-state index is -0.979. The zero-order valence-electron chi connectivity index (χ0n) is 9.47. The van der Waals surface area contributed by atoms with Crippen LogP contribution in [-0.2, 0) is 14.4 Å². The van der Waals surface area contributed by atoms with Crippen LogP contribution in [0.4, 0.5) is 0 Å². The lowest BCUT2D eigenvalue weighted by molar-refractivity contribution is -0.141. The van der Waals surface area contributed by atoms with Gasteiger partial charge < -0.3 is 14.9 Å². The van der Waals surface area contributed by atoms with E-state index in [1.807, 2.05) is 6.92 Å². The first kappa shape index (κ1) is 12.5. The van der Waals surface area contributed by atoms with Crippen LogP contribution in [0.15, 0.2) is 0 Å². The van der Waals surface area contributed by atoms with E-state index in [1.165, 1.54) is 9.80 Å². The van der Waals surface area contributed by atoms with Gasteiger partial charge in [0.2, 0.25) is 11.8 Å². The summed E-state index contributed by atoms with van der Waals surface area (Å²) in [5, 5.41) is 8.76. The normalized spacial score (nSPS) is 20.0. The highest BCUT2D eigenvalue weighted by atomic mass is 16.4. The molecule has 16 heavy (non-hydrogen) atoms. The molecule has 0 aromatic carbocycles. The van der Waals surface area contributed by atoms with Crippen molar-refractivity contribution in [2.75, 3.05) is 26.7 Å². The Bertz CT molecular complexity index is 316. The number of carbonyl (C=O) groups is 3. The molecular weight excluding hydrogens is 212 g/mol. The van der Waals surface area contributed by atoms with Gasteiger partial charge in [-0.3, -0.25) is 14.4 Å². The molecule has 0 aromatic heterocycles. The number of aliphatic carboxylic acids is 1. The van der Waals surface area contributed by atoms with Crippen molar-refractivity contribution in [1.29, 1.82) is 0 Å². The van der Waals surface area contributed by atoms with E-state index in [0.29, 0.717) is 6.54 Å². The molecule has 1 heterocycles. The summed E-state index contributed by atoms with van der Waals surface area (Å²) in [5.41, 5.74) is 0. The highest BCUT2D eigenvalue weighted by Crippen LogP contribution is 2.17. The molecule has 0 saturated carbocycles. The van der Waals surface area contributed by atoms with Gasteiger partial charge in [-0.2, -0.15) is 0 Å². The number of carbonyl (C=O) groups excluding carboxylic acids is 2. The summed E-state index contributed by atoms with van der Waals surface area (Å²) in [5.74, 6) is -2.08. The van der Waals surface area contributed by atoms with Gasteiger partial charge in [0.25, 0.3) is 0 Å². The van der Waals surface area contributed by atoms with Crippen LogP contribution in [0.3, 0.4) is 0 Å². The van der Waals surface area contributed by atoms with Crippen LogP contribution in [0.25, 0.3) is 0 Å².